The third-order valence-corrected chi connectivity index (χ3v) is 2.72. The van der Waals surface area contributed by atoms with Crippen LogP contribution < -0.4 is 11.2 Å². The lowest BCUT2D eigenvalue weighted by molar-refractivity contribution is 0.565. The molecule has 0 aromatic carbocycles. The van der Waals surface area contributed by atoms with Crippen LogP contribution in [0.3, 0.4) is 0 Å². The molecule has 0 saturated carbocycles. The van der Waals surface area contributed by atoms with Crippen LogP contribution in [0.15, 0.2) is 15.8 Å². The van der Waals surface area contributed by atoms with E-state index in [1.807, 2.05) is 4.98 Å². The number of hydrogen-bond donors (Lipinski definition) is 1. The van der Waals surface area contributed by atoms with Crippen LogP contribution >= 0.6 is 22.9 Å². The molecule has 0 amide bonds. The molecule has 2 rings (SSSR count). The summed E-state index contributed by atoms with van der Waals surface area (Å²) in [6, 6.07) is 0. The molecule has 16 heavy (non-hydrogen) atoms. The maximum atomic E-state index is 12.9. The van der Waals surface area contributed by atoms with E-state index in [1.54, 1.807) is 0 Å². The van der Waals surface area contributed by atoms with Crippen LogP contribution in [0.4, 0.5) is 4.39 Å². The summed E-state index contributed by atoms with van der Waals surface area (Å²) in [5.41, 5.74) is -1.76. The van der Waals surface area contributed by atoms with Gasteiger partial charge in [-0.05, 0) is 11.6 Å². The van der Waals surface area contributed by atoms with Gasteiger partial charge in [-0.2, -0.15) is 4.39 Å². The van der Waals surface area contributed by atoms with Crippen LogP contribution in [0.5, 0.6) is 0 Å². The van der Waals surface area contributed by atoms with Crippen molar-refractivity contribution in [1.82, 2.24) is 19.7 Å². The molecule has 0 aliphatic heterocycles. The van der Waals surface area contributed by atoms with Crippen molar-refractivity contribution in [2.24, 2.45) is 0 Å². The molecule has 0 fully saturated rings. The zero-order valence-corrected chi connectivity index (χ0v) is 9.18. The first kappa shape index (κ1) is 11.0. The fourth-order valence-electron chi connectivity index (χ4n) is 1.04. The number of aromatic amines is 1. The average Bonchev–Trinajstić information content (AvgIpc) is 2.60. The van der Waals surface area contributed by atoms with Gasteiger partial charge in [0.1, 0.15) is 5.01 Å². The van der Waals surface area contributed by atoms with Crippen molar-refractivity contribution in [3.63, 3.8) is 0 Å². The van der Waals surface area contributed by atoms with Gasteiger partial charge < -0.3 is 0 Å². The SMILES string of the molecule is O=c1[nH]c(=O)n(Cc2nnc(Cl)s2)cc1F. The van der Waals surface area contributed by atoms with Crippen LogP contribution in [0.25, 0.3) is 0 Å². The molecule has 84 valence electrons. The molecule has 0 aliphatic rings. The molecule has 6 nitrogen and oxygen atoms in total. The Balaban J connectivity index is 2.39. The van der Waals surface area contributed by atoms with Gasteiger partial charge in [0, 0.05) is 0 Å². The molecule has 0 spiro atoms. The Bertz CT molecular complexity index is 634. The number of hydrogen-bond acceptors (Lipinski definition) is 5. The predicted molar refractivity (Wildman–Crippen MR) is 55.3 cm³/mol. The van der Waals surface area contributed by atoms with Crippen molar-refractivity contribution in [3.05, 3.63) is 42.3 Å². The number of halogens is 2. The Labute approximate surface area is 96.3 Å². The largest absolute Gasteiger partial charge is 0.328 e. The van der Waals surface area contributed by atoms with Gasteiger partial charge in [0.15, 0.2) is 0 Å². The lowest BCUT2D eigenvalue weighted by Crippen LogP contribution is -2.31. The van der Waals surface area contributed by atoms with E-state index in [-0.39, 0.29) is 11.0 Å². The molecule has 2 heterocycles. The Morgan fingerprint density at radius 3 is 2.88 bits per heavy atom. The van der Waals surface area contributed by atoms with Crippen molar-refractivity contribution in [1.29, 1.82) is 0 Å². The van der Waals surface area contributed by atoms with Crippen molar-refractivity contribution < 1.29 is 4.39 Å². The van der Waals surface area contributed by atoms with Crippen molar-refractivity contribution in [2.75, 3.05) is 0 Å². The lowest BCUT2D eigenvalue weighted by Gasteiger charge is -2.00. The molecular formula is C7H4ClFN4O2S. The molecule has 9 heteroatoms. The third kappa shape index (κ3) is 2.17. The first-order chi connectivity index (χ1) is 7.56. The maximum absolute atomic E-state index is 12.9. The Kier molecular flexibility index (Phi) is 2.84. The number of nitrogens with zero attached hydrogens (tertiary/aromatic N) is 3. The molecule has 0 saturated heterocycles. The number of aromatic nitrogens is 4. The molecule has 2 aromatic rings. The minimum absolute atomic E-state index is 0.0108. The molecule has 1 N–H and O–H groups in total. The highest BCUT2D eigenvalue weighted by atomic mass is 35.5. The van der Waals surface area contributed by atoms with Gasteiger partial charge in [-0.1, -0.05) is 11.3 Å². The lowest BCUT2D eigenvalue weighted by atomic mass is 10.5. The summed E-state index contributed by atoms with van der Waals surface area (Å²) in [5.74, 6) is -1.03. The summed E-state index contributed by atoms with van der Waals surface area (Å²) in [4.78, 5) is 23.9. The Morgan fingerprint density at radius 2 is 2.25 bits per heavy atom. The second kappa shape index (κ2) is 4.14. The summed E-state index contributed by atoms with van der Waals surface area (Å²) < 4.78 is 14.1. The van der Waals surface area contributed by atoms with Gasteiger partial charge in [0.25, 0.3) is 5.56 Å². The van der Waals surface area contributed by atoms with E-state index in [1.165, 1.54) is 0 Å². The molecular weight excluding hydrogens is 259 g/mol. The van der Waals surface area contributed by atoms with Crippen molar-refractivity contribution >= 4 is 22.9 Å². The second-order valence-electron chi connectivity index (χ2n) is 2.81. The van der Waals surface area contributed by atoms with Gasteiger partial charge in [-0.3, -0.25) is 14.3 Å². The Morgan fingerprint density at radius 1 is 1.50 bits per heavy atom. The first-order valence-corrected chi connectivity index (χ1v) is 5.23. The predicted octanol–water partition coefficient (Wildman–Crippen LogP) is 0.229. The first-order valence-electron chi connectivity index (χ1n) is 4.03. The quantitative estimate of drug-likeness (QED) is 0.840. The Hall–Kier alpha value is -1.54. The van der Waals surface area contributed by atoms with Gasteiger partial charge in [-0.25, -0.2) is 4.79 Å². The van der Waals surface area contributed by atoms with Crippen LogP contribution in [-0.2, 0) is 6.54 Å². The van der Waals surface area contributed by atoms with Crippen molar-refractivity contribution in [3.8, 4) is 0 Å². The smallest absolute Gasteiger partial charge is 0.291 e. The average molecular weight is 263 g/mol. The van der Waals surface area contributed by atoms with Crippen LogP contribution in [-0.4, -0.2) is 19.7 Å². The van der Waals surface area contributed by atoms with Gasteiger partial charge in [-0.15, -0.1) is 10.2 Å². The normalized spacial score (nSPS) is 10.6. The minimum Gasteiger partial charge on any atom is -0.291 e. The fourth-order valence-corrected chi connectivity index (χ4v) is 1.91. The van der Waals surface area contributed by atoms with E-state index >= 15 is 0 Å². The van der Waals surface area contributed by atoms with E-state index in [4.69, 9.17) is 11.6 Å². The summed E-state index contributed by atoms with van der Waals surface area (Å²) in [6.07, 6.45) is 0.816. The van der Waals surface area contributed by atoms with E-state index in [0.717, 1.165) is 22.1 Å². The molecule has 0 atom stereocenters. The van der Waals surface area contributed by atoms with Crippen LogP contribution in [0.1, 0.15) is 5.01 Å². The molecule has 0 unspecified atom stereocenters. The zero-order valence-electron chi connectivity index (χ0n) is 7.61. The maximum Gasteiger partial charge on any atom is 0.328 e. The molecule has 0 bridgehead atoms. The summed E-state index contributed by atoms with van der Waals surface area (Å²) in [5, 5.41) is 7.65. The van der Waals surface area contributed by atoms with Gasteiger partial charge in [0.2, 0.25) is 10.3 Å². The number of rotatable bonds is 2. The number of nitrogens with one attached hydrogen (secondary N) is 1. The number of H-pyrrole nitrogens is 1. The van der Waals surface area contributed by atoms with E-state index < -0.39 is 17.1 Å². The highest BCUT2D eigenvalue weighted by Gasteiger charge is 2.07. The minimum atomic E-state index is -1.04. The standard InChI is InChI=1S/C7H4ClFN4O2S/c8-6-12-11-4(16-6)2-13-1-3(9)5(14)10-7(13)15/h1H,2H2,(H,10,14,15). The molecule has 0 aliphatic carbocycles. The highest BCUT2D eigenvalue weighted by molar-refractivity contribution is 7.15. The fraction of sp³-hybridized carbons (Fsp3) is 0.143. The second-order valence-corrected chi connectivity index (χ2v) is 4.46. The van der Waals surface area contributed by atoms with E-state index in [9.17, 15) is 14.0 Å². The summed E-state index contributed by atoms with van der Waals surface area (Å²) in [6.45, 7) is 0.0108. The van der Waals surface area contributed by atoms with Crippen LogP contribution in [0.2, 0.25) is 4.47 Å². The van der Waals surface area contributed by atoms with Gasteiger partial charge in [0.05, 0.1) is 12.7 Å². The molecule has 2 aromatic heterocycles. The van der Waals surface area contributed by atoms with Crippen molar-refractivity contribution in [2.45, 2.75) is 6.54 Å². The van der Waals surface area contributed by atoms with Crippen LogP contribution in [0, 0.1) is 5.82 Å². The molecule has 0 radical (unpaired) electrons. The highest BCUT2D eigenvalue weighted by Crippen LogP contribution is 2.14. The third-order valence-electron chi connectivity index (χ3n) is 1.72. The topological polar surface area (TPSA) is 80.6 Å². The van der Waals surface area contributed by atoms with E-state index in [2.05, 4.69) is 10.2 Å². The summed E-state index contributed by atoms with van der Waals surface area (Å²) in [7, 11) is 0. The summed E-state index contributed by atoms with van der Waals surface area (Å²) >= 11 is 6.62. The zero-order chi connectivity index (χ0) is 11.7. The van der Waals surface area contributed by atoms with E-state index in [0.29, 0.717) is 5.01 Å². The van der Waals surface area contributed by atoms with Gasteiger partial charge >= 0.3 is 5.69 Å². The monoisotopic (exact) mass is 262 g/mol.